The molecule has 1 aromatic carbocycles. The van der Waals surface area contributed by atoms with Gasteiger partial charge in [-0.25, -0.2) is 4.79 Å². The summed E-state index contributed by atoms with van der Waals surface area (Å²) >= 11 is 0. The number of aryl methyl sites for hydroxylation is 1. The summed E-state index contributed by atoms with van der Waals surface area (Å²) in [5.41, 5.74) is 2.03. The fourth-order valence-corrected chi connectivity index (χ4v) is 2.81. The number of piperazine rings is 1. The predicted octanol–water partition coefficient (Wildman–Crippen LogP) is 1.77. The van der Waals surface area contributed by atoms with Gasteiger partial charge in [-0.15, -0.1) is 0 Å². The van der Waals surface area contributed by atoms with Gasteiger partial charge in [-0.05, 0) is 26.3 Å². The largest absolute Gasteiger partial charge is 0.450 e. The molecule has 1 amide bonds. The number of aliphatic hydroxyl groups excluding tert-OH is 1. The van der Waals surface area contributed by atoms with Crippen molar-refractivity contribution in [2.75, 3.05) is 45.9 Å². The zero-order valence-corrected chi connectivity index (χ0v) is 15.9. The van der Waals surface area contributed by atoms with E-state index in [4.69, 9.17) is 4.74 Å². The topological polar surface area (TPSA) is 77.4 Å². The summed E-state index contributed by atoms with van der Waals surface area (Å²) in [4.78, 5) is 20.2. The van der Waals surface area contributed by atoms with E-state index in [9.17, 15) is 9.90 Å². The summed E-state index contributed by atoms with van der Waals surface area (Å²) in [7, 11) is 0. The summed E-state index contributed by atoms with van der Waals surface area (Å²) in [5, 5.41) is 13.6. The Labute approximate surface area is 155 Å². The summed E-state index contributed by atoms with van der Waals surface area (Å²) in [6.45, 7) is 9.85. The maximum atomic E-state index is 11.8. The maximum Gasteiger partial charge on any atom is 0.409 e. The van der Waals surface area contributed by atoms with Crippen LogP contribution in [0.2, 0.25) is 0 Å². The molecule has 0 bridgehead atoms. The lowest BCUT2D eigenvalue weighted by Gasteiger charge is -2.36. The molecule has 0 spiro atoms. The van der Waals surface area contributed by atoms with Crippen LogP contribution in [0.15, 0.2) is 29.3 Å². The van der Waals surface area contributed by atoms with Crippen LogP contribution >= 0.6 is 0 Å². The van der Waals surface area contributed by atoms with Crippen LogP contribution in [-0.4, -0.2) is 72.8 Å². The molecule has 1 saturated heterocycles. The van der Waals surface area contributed by atoms with E-state index in [0.29, 0.717) is 39.3 Å². The van der Waals surface area contributed by atoms with E-state index in [0.717, 1.165) is 23.6 Å². The van der Waals surface area contributed by atoms with Crippen molar-refractivity contribution in [3.8, 4) is 0 Å². The molecule has 1 atom stereocenters. The fourth-order valence-electron chi connectivity index (χ4n) is 2.81. The fraction of sp³-hybridized carbons (Fsp3) is 0.579. The second-order valence-electron chi connectivity index (χ2n) is 6.29. The standard InChI is InChI=1S/C19H30N4O3/c1-4-20-18(21-14-17(24)16-8-6-15(3)7-9-16)22-10-12-23(13-11-22)19(25)26-5-2/h6-9,17,24H,4-5,10-14H2,1-3H3,(H,20,21). The molecule has 0 aromatic heterocycles. The monoisotopic (exact) mass is 362 g/mol. The summed E-state index contributed by atoms with van der Waals surface area (Å²) < 4.78 is 5.05. The Bertz CT molecular complexity index is 595. The zero-order chi connectivity index (χ0) is 18.9. The van der Waals surface area contributed by atoms with Crippen LogP contribution in [0.1, 0.15) is 31.1 Å². The zero-order valence-electron chi connectivity index (χ0n) is 15.9. The minimum atomic E-state index is -0.634. The molecular formula is C19H30N4O3. The van der Waals surface area contributed by atoms with Gasteiger partial charge in [0, 0.05) is 32.7 Å². The molecule has 0 saturated carbocycles. The molecule has 1 unspecified atom stereocenters. The molecule has 144 valence electrons. The van der Waals surface area contributed by atoms with E-state index >= 15 is 0 Å². The summed E-state index contributed by atoms with van der Waals surface area (Å²) in [6.07, 6.45) is -0.894. The van der Waals surface area contributed by atoms with Crippen LogP contribution in [0.3, 0.4) is 0 Å². The Balaban J connectivity index is 1.94. The van der Waals surface area contributed by atoms with E-state index in [1.165, 1.54) is 0 Å². The Hall–Kier alpha value is -2.28. The number of carbonyl (C=O) groups is 1. The first-order valence-electron chi connectivity index (χ1n) is 9.24. The summed E-state index contributed by atoms with van der Waals surface area (Å²) in [5.74, 6) is 0.766. The Morgan fingerprint density at radius 3 is 2.38 bits per heavy atom. The van der Waals surface area contributed by atoms with Crippen molar-refractivity contribution in [1.82, 2.24) is 15.1 Å². The number of nitrogens with one attached hydrogen (secondary N) is 1. The molecule has 2 N–H and O–H groups in total. The first kappa shape index (κ1) is 20.0. The minimum absolute atomic E-state index is 0.260. The number of nitrogens with zero attached hydrogens (tertiary/aromatic N) is 3. The van der Waals surface area contributed by atoms with Crippen molar-refractivity contribution in [2.45, 2.75) is 26.9 Å². The molecule has 26 heavy (non-hydrogen) atoms. The molecule has 1 aromatic rings. The van der Waals surface area contributed by atoms with Crippen molar-refractivity contribution in [1.29, 1.82) is 0 Å². The number of benzene rings is 1. The van der Waals surface area contributed by atoms with Gasteiger partial charge in [0.25, 0.3) is 0 Å². The van der Waals surface area contributed by atoms with Gasteiger partial charge in [-0.1, -0.05) is 29.8 Å². The third kappa shape index (κ3) is 5.62. The second kappa shape index (κ2) is 10.0. The van der Waals surface area contributed by atoms with Gasteiger partial charge in [-0.3, -0.25) is 4.99 Å². The molecule has 0 aliphatic carbocycles. The minimum Gasteiger partial charge on any atom is -0.450 e. The van der Waals surface area contributed by atoms with Crippen molar-refractivity contribution >= 4 is 12.1 Å². The van der Waals surface area contributed by atoms with Crippen LogP contribution in [0.5, 0.6) is 0 Å². The number of guanidine groups is 1. The lowest BCUT2D eigenvalue weighted by molar-refractivity contribution is 0.0914. The first-order chi connectivity index (χ1) is 12.5. The van der Waals surface area contributed by atoms with Gasteiger partial charge in [-0.2, -0.15) is 0 Å². The molecule has 0 radical (unpaired) electrons. The highest BCUT2D eigenvalue weighted by Crippen LogP contribution is 2.14. The SMILES string of the molecule is CCNC(=NCC(O)c1ccc(C)cc1)N1CCN(C(=O)OCC)CC1. The molecule has 1 heterocycles. The van der Waals surface area contributed by atoms with Gasteiger partial charge in [0.1, 0.15) is 0 Å². The number of rotatable bonds is 5. The third-order valence-electron chi connectivity index (χ3n) is 4.32. The highest BCUT2D eigenvalue weighted by atomic mass is 16.6. The average Bonchev–Trinajstić information content (AvgIpc) is 2.66. The highest BCUT2D eigenvalue weighted by molar-refractivity contribution is 5.80. The van der Waals surface area contributed by atoms with E-state index in [2.05, 4.69) is 15.2 Å². The van der Waals surface area contributed by atoms with E-state index < -0.39 is 6.10 Å². The average molecular weight is 362 g/mol. The lowest BCUT2D eigenvalue weighted by Crippen LogP contribution is -2.54. The molecule has 7 nitrogen and oxygen atoms in total. The van der Waals surface area contributed by atoms with E-state index in [1.807, 2.05) is 45.0 Å². The molecular weight excluding hydrogens is 332 g/mol. The van der Waals surface area contributed by atoms with Gasteiger partial charge in [0.15, 0.2) is 5.96 Å². The van der Waals surface area contributed by atoms with Crippen LogP contribution < -0.4 is 5.32 Å². The van der Waals surface area contributed by atoms with Gasteiger partial charge >= 0.3 is 6.09 Å². The predicted molar refractivity (Wildman–Crippen MR) is 102 cm³/mol. The number of hydrogen-bond donors (Lipinski definition) is 2. The van der Waals surface area contributed by atoms with Crippen molar-refractivity contribution in [3.05, 3.63) is 35.4 Å². The number of hydrogen-bond acceptors (Lipinski definition) is 4. The molecule has 1 aliphatic heterocycles. The third-order valence-corrected chi connectivity index (χ3v) is 4.32. The van der Waals surface area contributed by atoms with E-state index in [-0.39, 0.29) is 6.09 Å². The second-order valence-corrected chi connectivity index (χ2v) is 6.29. The Kier molecular flexibility index (Phi) is 7.72. The Morgan fingerprint density at radius 2 is 1.81 bits per heavy atom. The van der Waals surface area contributed by atoms with Crippen molar-refractivity contribution in [3.63, 3.8) is 0 Å². The number of ether oxygens (including phenoxy) is 1. The van der Waals surface area contributed by atoms with Gasteiger partial charge < -0.3 is 25.0 Å². The number of carbonyl (C=O) groups excluding carboxylic acids is 1. The molecule has 7 heteroatoms. The van der Waals surface area contributed by atoms with Gasteiger partial charge in [0.2, 0.25) is 0 Å². The summed E-state index contributed by atoms with van der Waals surface area (Å²) in [6, 6.07) is 7.84. The first-order valence-corrected chi connectivity index (χ1v) is 9.24. The lowest BCUT2D eigenvalue weighted by atomic mass is 10.1. The number of amides is 1. The van der Waals surface area contributed by atoms with Crippen molar-refractivity contribution in [2.24, 2.45) is 4.99 Å². The molecule has 1 aliphatic rings. The highest BCUT2D eigenvalue weighted by Gasteiger charge is 2.23. The number of aliphatic hydroxyl groups is 1. The van der Waals surface area contributed by atoms with Crippen LogP contribution in [0.4, 0.5) is 4.79 Å². The van der Waals surface area contributed by atoms with Crippen LogP contribution in [0.25, 0.3) is 0 Å². The smallest absolute Gasteiger partial charge is 0.409 e. The van der Waals surface area contributed by atoms with E-state index in [1.54, 1.807) is 4.90 Å². The molecule has 2 rings (SSSR count). The van der Waals surface area contributed by atoms with Crippen LogP contribution in [-0.2, 0) is 4.74 Å². The normalized spacial score (nSPS) is 16.4. The Morgan fingerprint density at radius 1 is 1.19 bits per heavy atom. The number of aliphatic imine (C=N–C) groups is 1. The quantitative estimate of drug-likeness (QED) is 0.617. The van der Waals surface area contributed by atoms with Crippen molar-refractivity contribution < 1.29 is 14.6 Å². The van der Waals surface area contributed by atoms with Gasteiger partial charge in [0.05, 0.1) is 19.3 Å². The van der Waals surface area contributed by atoms with Crippen LogP contribution in [0, 0.1) is 6.92 Å². The maximum absolute atomic E-state index is 11.8. The molecule has 1 fully saturated rings.